The molecule has 0 saturated heterocycles. The lowest BCUT2D eigenvalue weighted by Crippen LogP contribution is -2.37. The summed E-state index contributed by atoms with van der Waals surface area (Å²) >= 11 is 0. The maximum atomic E-state index is 13.4. The van der Waals surface area contributed by atoms with Gasteiger partial charge < -0.3 is 14.4 Å². The summed E-state index contributed by atoms with van der Waals surface area (Å²) in [6.45, 7) is 1.47. The molecule has 0 radical (unpaired) electrons. The quantitative estimate of drug-likeness (QED) is 0.295. The minimum Gasteiger partial charge on any atom is -0.383 e. The number of nitro benzene ring substituents is 1. The first-order valence-electron chi connectivity index (χ1n) is 9.95. The number of amides is 2. The Morgan fingerprint density at radius 3 is 2.22 bits per heavy atom. The van der Waals surface area contributed by atoms with Gasteiger partial charge in [-0.15, -0.1) is 0 Å². The van der Waals surface area contributed by atoms with E-state index in [0.29, 0.717) is 37.4 Å². The van der Waals surface area contributed by atoms with Crippen molar-refractivity contribution in [3.05, 3.63) is 75.7 Å². The highest BCUT2D eigenvalue weighted by molar-refractivity contribution is 6.35. The van der Waals surface area contributed by atoms with Gasteiger partial charge in [0, 0.05) is 51.8 Å². The van der Waals surface area contributed by atoms with E-state index in [9.17, 15) is 19.7 Å². The van der Waals surface area contributed by atoms with Crippen LogP contribution in [0.15, 0.2) is 54.5 Å². The Bertz CT molecular complexity index is 999. The van der Waals surface area contributed by atoms with Crippen molar-refractivity contribution in [3.63, 3.8) is 0 Å². The Hall–Kier alpha value is -3.63. The average molecular weight is 440 g/mol. The van der Waals surface area contributed by atoms with Crippen LogP contribution in [-0.2, 0) is 25.6 Å². The lowest BCUT2D eigenvalue weighted by atomic mass is 10.0. The van der Waals surface area contributed by atoms with Crippen LogP contribution in [0.5, 0.6) is 0 Å². The summed E-state index contributed by atoms with van der Waals surface area (Å²) in [5, 5.41) is 11.0. The van der Waals surface area contributed by atoms with Gasteiger partial charge in [-0.25, -0.2) is 0 Å². The number of hydrogen-bond acceptors (Lipinski definition) is 8. The van der Waals surface area contributed by atoms with Gasteiger partial charge in [-0.3, -0.25) is 29.6 Å². The van der Waals surface area contributed by atoms with Crippen LogP contribution in [0.25, 0.3) is 5.57 Å². The fraction of sp³-hybridized carbons (Fsp3) is 0.318. The lowest BCUT2D eigenvalue weighted by molar-refractivity contribution is -0.384. The number of aromatic nitrogens is 1. The van der Waals surface area contributed by atoms with E-state index in [2.05, 4.69) is 4.98 Å². The van der Waals surface area contributed by atoms with E-state index >= 15 is 0 Å². The molecule has 168 valence electrons. The molecule has 10 nitrogen and oxygen atoms in total. The second-order valence-corrected chi connectivity index (χ2v) is 7.06. The van der Waals surface area contributed by atoms with Crippen LogP contribution in [0.2, 0.25) is 0 Å². The van der Waals surface area contributed by atoms with E-state index in [1.54, 1.807) is 43.6 Å². The van der Waals surface area contributed by atoms with Crippen molar-refractivity contribution in [1.82, 2.24) is 14.8 Å². The molecule has 0 unspecified atom stereocenters. The fourth-order valence-corrected chi connectivity index (χ4v) is 3.42. The molecule has 0 N–H and O–H groups in total. The number of hydrogen-bond donors (Lipinski definition) is 0. The number of non-ortho nitro benzene ring substituents is 1. The predicted octanol–water partition coefficient (Wildman–Crippen LogP) is 1.86. The molecule has 1 aliphatic heterocycles. The second kappa shape index (κ2) is 10.6. The van der Waals surface area contributed by atoms with Crippen molar-refractivity contribution in [2.24, 2.45) is 0 Å². The Balaban J connectivity index is 2.05. The SMILES string of the molecule is COCCN(CCOC)C1=C(c2ccc([N+](=O)[O-])cc2)C(=O)N(Cc2cccnc2)C1=O. The molecule has 2 amide bonds. The molecular weight excluding hydrogens is 416 g/mol. The molecule has 0 saturated carbocycles. The number of methoxy groups -OCH3 is 2. The molecule has 1 aliphatic rings. The minimum absolute atomic E-state index is 0.0634. The third-order valence-electron chi connectivity index (χ3n) is 5.02. The van der Waals surface area contributed by atoms with Crippen LogP contribution in [-0.4, -0.2) is 72.0 Å². The second-order valence-electron chi connectivity index (χ2n) is 7.06. The van der Waals surface area contributed by atoms with Crippen molar-refractivity contribution < 1.29 is 24.0 Å². The van der Waals surface area contributed by atoms with Crippen LogP contribution in [0.3, 0.4) is 0 Å². The number of rotatable bonds is 11. The van der Waals surface area contributed by atoms with Crippen molar-refractivity contribution in [1.29, 1.82) is 0 Å². The summed E-state index contributed by atoms with van der Waals surface area (Å²) in [4.78, 5) is 44.3. The number of nitro groups is 1. The zero-order valence-corrected chi connectivity index (χ0v) is 17.9. The highest BCUT2D eigenvalue weighted by Gasteiger charge is 2.41. The molecule has 0 fully saturated rings. The van der Waals surface area contributed by atoms with Crippen molar-refractivity contribution in [3.8, 4) is 0 Å². The normalized spacial score (nSPS) is 13.8. The van der Waals surface area contributed by atoms with E-state index in [0.717, 1.165) is 4.90 Å². The van der Waals surface area contributed by atoms with Gasteiger partial charge in [0.1, 0.15) is 5.70 Å². The van der Waals surface area contributed by atoms with Gasteiger partial charge >= 0.3 is 0 Å². The summed E-state index contributed by atoms with van der Waals surface area (Å²) in [7, 11) is 3.10. The maximum Gasteiger partial charge on any atom is 0.278 e. The largest absolute Gasteiger partial charge is 0.383 e. The van der Waals surface area contributed by atoms with Crippen LogP contribution < -0.4 is 0 Å². The zero-order chi connectivity index (χ0) is 23.1. The van der Waals surface area contributed by atoms with E-state index < -0.39 is 16.7 Å². The molecule has 0 aliphatic carbocycles. The summed E-state index contributed by atoms with van der Waals surface area (Å²) in [6.07, 6.45) is 3.21. The highest BCUT2D eigenvalue weighted by Crippen LogP contribution is 2.33. The monoisotopic (exact) mass is 440 g/mol. The Morgan fingerprint density at radius 1 is 1.03 bits per heavy atom. The van der Waals surface area contributed by atoms with Gasteiger partial charge in [-0.1, -0.05) is 6.07 Å². The van der Waals surface area contributed by atoms with Gasteiger partial charge in [-0.05, 0) is 29.3 Å². The van der Waals surface area contributed by atoms with Crippen molar-refractivity contribution in [2.45, 2.75) is 6.54 Å². The first-order chi connectivity index (χ1) is 15.5. The van der Waals surface area contributed by atoms with Gasteiger partial charge in [0.05, 0.1) is 30.3 Å². The standard InChI is InChI=1S/C22H24N4O6/c1-31-12-10-24(11-13-32-2)20-19(17-5-7-18(8-6-17)26(29)30)21(27)25(22(20)28)15-16-4-3-9-23-14-16/h3-9,14H,10-13,15H2,1-2H3. The summed E-state index contributed by atoms with van der Waals surface area (Å²) in [6, 6.07) is 9.11. The van der Waals surface area contributed by atoms with Crippen molar-refractivity contribution in [2.75, 3.05) is 40.5 Å². The molecule has 2 heterocycles. The van der Waals surface area contributed by atoms with Gasteiger partial charge in [0.15, 0.2) is 0 Å². The highest BCUT2D eigenvalue weighted by atomic mass is 16.6. The number of benzene rings is 1. The zero-order valence-electron chi connectivity index (χ0n) is 17.9. The molecule has 0 spiro atoms. The van der Waals surface area contributed by atoms with E-state index in [1.165, 1.54) is 24.3 Å². The molecule has 0 atom stereocenters. The molecule has 10 heteroatoms. The topological polar surface area (TPSA) is 115 Å². The fourth-order valence-electron chi connectivity index (χ4n) is 3.42. The number of ether oxygens (including phenoxy) is 2. The van der Waals surface area contributed by atoms with Gasteiger partial charge in [0.2, 0.25) is 0 Å². The average Bonchev–Trinajstić information content (AvgIpc) is 3.05. The molecule has 32 heavy (non-hydrogen) atoms. The van der Waals surface area contributed by atoms with Crippen molar-refractivity contribution >= 4 is 23.1 Å². The number of carbonyl (C=O) groups is 2. The van der Waals surface area contributed by atoms with E-state index in [-0.39, 0.29) is 23.5 Å². The smallest absolute Gasteiger partial charge is 0.278 e. The summed E-state index contributed by atoms with van der Waals surface area (Å²) < 4.78 is 10.4. The molecule has 3 rings (SSSR count). The number of imide groups is 1. The molecule has 0 bridgehead atoms. The number of carbonyl (C=O) groups excluding carboxylic acids is 2. The van der Waals surface area contributed by atoms with Gasteiger partial charge in [-0.2, -0.15) is 0 Å². The third kappa shape index (κ3) is 4.98. The molecular formula is C22H24N4O6. The van der Waals surface area contributed by atoms with Crippen LogP contribution in [0, 0.1) is 10.1 Å². The van der Waals surface area contributed by atoms with Gasteiger partial charge in [0.25, 0.3) is 17.5 Å². The summed E-state index contributed by atoms with van der Waals surface area (Å²) in [5.41, 5.74) is 1.45. The van der Waals surface area contributed by atoms with E-state index in [4.69, 9.17) is 9.47 Å². The first kappa shape index (κ1) is 23.0. The molecule has 2 aromatic rings. The predicted molar refractivity (Wildman–Crippen MR) is 115 cm³/mol. The Labute approximate surface area is 185 Å². The van der Waals surface area contributed by atoms with Crippen LogP contribution in [0.1, 0.15) is 11.1 Å². The molecule has 1 aromatic carbocycles. The van der Waals surface area contributed by atoms with E-state index in [1.807, 2.05) is 0 Å². The molecule has 1 aromatic heterocycles. The first-order valence-corrected chi connectivity index (χ1v) is 9.95. The minimum atomic E-state index is -0.515. The summed E-state index contributed by atoms with van der Waals surface area (Å²) in [5.74, 6) is -0.915. The Kier molecular flexibility index (Phi) is 7.63. The lowest BCUT2D eigenvalue weighted by Gasteiger charge is -2.25. The number of pyridine rings is 1. The van der Waals surface area contributed by atoms with Crippen LogP contribution >= 0.6 is 0 Å². The van der Waals surface area contributed by atoms with Crippen LogP contribution in [0.4, 0.5) is 5.69 Å². The Morgan fingerprint density at radius 2 is 1.69 bits per heavy atom. The third-order valence-corrected chi connectivity index (χ3v) is 5.02. The maximum absolute atomic E-state index is 13.4. The number of nitrogens with zero attached hydrogens (tertiary/aromatic N) is 4.